The molecule has 0 aliphatic rings. The molecule has 0 amide bonds. The Morgan fingerprint density at radius 2 is 1.74 bits per heavy atom. The van der Waals surface area contributed by atoms with Gasteiger partial charge < -0.3 is 14.5 Å². The van der Waals surface area contributed by atoms with Crippen molar-refractivity contribution in [2.75, 3.05) is 6.61 Å². The van der Waals surface area contributed by atoms with Crippen LogP contribution in [0.15, 0.2) is 12.2 Å². The van der Waals surface area contributed by atoms with Gasteiger partial charge in [-0.15, -0.1) is 0 Å². The number of phosphoric ester groups is 1. The molecule has 0 rings (SSSR count). The monoisotopic (exact) mass is 294 g/mol. The Kier molecular flexibility index (Phi) is 7.52. The fourth-order valence-corrected chi connectivity index (χ4v) is 2.20. The first kappa shape index (κ1) is 18.3. The van der Waals surface area contributed by atoms with Crippen LogP contribution in [-0.4, -0.2) is 28.0 Å². The molecule has 0 radical (unpaired) electrons. The first-order chi connectivity index (χ1) is 8.66. The van der Waals surface area contributed by atoms with E-state index in [2.05, 4.69) is 11.1 Å². The molecule has 0 bridgehead atoms. The lowest BCUT2D eigenvalue weighted by atomic mass is 9.93. The molecule has 0 aromatic carbocycles. The third-order valence-electron chi connectivity index (χ3n) is 2.56. The number of hydrogen-bond donors (Lipinski definition) is 2. The molecule has 112 valence electrons. The number of phosphoric acid groups is 1. The maximum Gasteiger partial charge on any atom is 0.469 e. The van der Waals surface area contributed by atoms with Gasteiger partial charge in [-0.2, -0.15) is 0 Å². The van der Waals surface area contributed by atoms with Crippen LogP contribution in [0.4, 0.5) is 0 Å². The molecule has 0 fully saturated rings. The molecule has 0 saturated heterocycles. The molecular formula is C12H23O6P. The first-order valence-corrected chi connectivity index (χ1v) is 7.77. The molecule has 0 aliphatic carbocycles. The minimum Gasteiger partial charge on any atom is -0.453 e. The van der Waals surface area contributed by atoms with Crippen LogP contribution in [0.2, 0.25) is 0 Å². The molecule has 6 nitrogen and oxygen atoms in total. The topological polar surface area (TPSA) is 93.1 Å². The van der Waals surface area contributed by atoms with Crippen molar-refractivity contribution >= 4 is 13.8 Å². The average molecular weight is 294 g/mol. The van der Waals surface area contributed by atoms with Gasteiger partial charge in [-0.1, -0.05) is 33.3 Å². The Labute approximate surface area is 114 Å². The lowest BCUT2D eigenvalue weighted by Crippen LogP contribution is -2.40. The van der Waals surface area contributed by atoms with E-state index in [0.29, 0.717) is 25.7 Å². The fourth-order valence-electron chi connectivity index (χ4n) is 1.80. The molecule has 0 saturated carbocycles. The number of rotatable bonds is 9. The fraction of sp³-hybridized carbons (Fsp3) is 0.750. The quantitative estimate of drug-likeness (QED) is 0.385. The SMILES string of the molecule is C=C(C)C(=O)OC(CCC)(CCC)COP(=O)(O)O. The lowest BCUT2D eigenvalue weighted by Gasteiger charge is -2.33. The number of carbonyl (C=O) groups is 1. The summed E-state index contributed by atoms with van der Waals surface area (Å²) in [6.45, 7) is 8.50. The molecule has 0 spiro atoms. The largest absolute Gasteiger partial charge is 0.469 e. The zero-order valence-electron chi connectivity index (χ0n) is 11.7. The summed E-state index contributed by atoms with van der Waals surface area (Å²) in [5, 5.41) is 0. The summed E-state index contributed by atoms with van der Waals surface area (Å²) < 4.78 is 20.7. The molecule has 0 atom stereocenters. The number of carbonyl (C=O) groups excluding carboxylic acids is 1. The van der Waals surface area contributed by atoms with Gasteiger partial charge in [0.2, 0.25) is 0 Å². The van der Waals surface area contributed by atoms with Crippen molar-refractivity contribution in [3.05, 3.63) is 12.2 Å². The summed E-state index contributed by atoms with van der Waals surface area (Å²) in [7, 11) is -4.59. The Morgan fingerprint density at radius 3 is 2.05 bits per heavy atom. The normalized spacial score (nSPS) is 12.3. The second-order valence-electron chi connectivity index (χ2n) is 4.62. The number of esters is 1. The van der Waals surface area contributed by atoms with Crippen LogP contribution < -0.4 is 0 Å². The third-order valence-corrected chi connectivity index (χ3v) is 3.03. The Bertz CT molecular complexity index is 353. The predicted octanol–water partition coefficient (Wildman–Crippen LogP) is 2.55. The summed E-state index contributed by atoms with van der Waals surface area (Å²) in [4.78, 5) is 29.2. The lowest BCUT2D eigenvalue weighted by molar-refractivity contribution is -0.161. The van der Waals surface area contributed by atoms with Gasteiger partial charge in [0.25, 0.3) is 0 Å². The van der Waals surface area contributed by atoms with Gasteiger partial charge in [-0.3, -0.25) is 4.52 Å². The van der Waals surface area contributed by atoms with E-state index >= 15 is 0 Å². The highest BCUT2D eigenvalue weighted by atomic mass is 31.2. The minimum absolute atomic E-state index is 0.243. The maximum absolute atomic E-state index is 11.7. The van der Waals surface area contributed by atoms with E-state index in [4.69, 9.17) is 14.5 Å². The van der Waals surface area contributed by atoms with Gasteiger partial charge in [-0.25, -0.2) is 9.36 Å². The van der Waals surface area contributed by atoms with Gasteiger partial charge >= 0.3 is 13.8 Å². The average Bonchev–Trinajstić information content (AvgIpc) is 2.26. The van der Waals surface area contributed by atoms with Crippen molar-refractivity contribution in [2.24, 2.45) is 0 Å². The van der Waals surface area contributed by atoms with Gasteiger partial charge in [0.15, 0.2) is 0 Å². The highest BCUT2D eigenvalue weighted by Crippen LogP contribution is 2.39. The van der Waals surface area contributed by atoms with E-state index in [-0.39, 0.29) is 12.2 Å². The first-order valence-electron chi connectivity index (χ1n) is 6.24. The molecule has 0 aliphatic heterocycles. The van der Waals surface area contributed by atoms with E-state index in [0.717, 1.165) is 0 Å². The molecule has 2 N–H and O–H groups in total. The zero-order valence-corrected chi connectivity index (χ0v) is 12.6. The molecule has 0 aromatic heterocycles. The minimum atomic E-state index is -4.59. The summed E-state index contributed by atoms with van der Waals surface area (Å²) >= 11 is 0. The van der Waals surface area contributed by atoms with E-state index in [9.17, 15) is 9.36 Å². The van der Waals surface area contributed by atoms with Crippen LogP contribution in [0.1, 0.15) is 46.5 Å². The van der Waals surface area contributed by atoms with Gasteiger partial charge in [0, 0.05) is 5.57 Å². The van der Waals surface area contributed by atoms with Crippen molar-refractivity contribution in [3.8, 4) is 0 Å². The summed E-state index contributed by atoms with van der Waals surface area (Å²) in [6.07, 6.45) is 2.35. The van der Waals surface area contributed by atoms with Crippen LogP contribution in [0.3, 0.4) is 0 Å². The maximum atomic E-state index is 11.7. The summed E-state index contributed by atoms with van der Waals surface area (Å²) in [5.41, 5.74) is -0.770. The van der Waals surface area contributed by atoms with Crippen LogP contribution in [0.5, 0.6) is 0 Å². The molecular weight excluding hydrogens is 271 g/mol. The molecule has 7 heteroatoms. The number of hydrogen-bond acceptors (Lipinski definition) is 4. The molecule has 0 unspecified atom stereocenters. The van der Waals surface area contributed by atoms with E-state index in [1.807, 2.05) is 13.8 Å². The van der Waals surface area contributed by atoms with E-state index in [1.54, 1.807) is 0 Å². The van der Waals surface area contributed by atoms with Crippen molar-refractivity contribution in [1.82, 2.24) is 0 Å². The van der Waals surface area contributed by atoms with Gasteiger partial charge in [0.1, 0.15) is 5.60 Å². The Hall–Kier alpha value is -0.680. The van der Waals surface area contributed by atoms with Crippen LogP contribution in [0.25, 0.3) is 0 Å². The predicted molar refractivity (Wildman–Crippen MR) is 71.4 cm³/mol. The molecule has 0 heterocycles. The van der Waals surface area contributed by atoms with Crippen molar-refractivity contribution < 1.29 is 28.4 Å². The van der Waals surface area contributed by atoms with E-state index in [1.165, 1.54) is 6.92 Å². The third kappa shape index (κ3) is 7.47. The van der Waals surface area contributed by atoms with Crippen LogP contribution in [0, 0.1) is 0 Å². The highest BCUT2D eigenvalue weighted by molar-refractivity contribution is 7.46. The second-order valence-corrected chi connectivity index (χ2v) is 5.86. The van der Waals surface area contributed by atoms with Crippen LogP contribution >= 0.6 is 7.82 Å². The Morgan fingerprint density at radius 1 is 1.26 bits per heavy atom. The molecule has 19 heavy (non-hydrogen) atoms. The highest BCUT2D eigenvalue weighted by Gasteiger charge is 2.35. The van der Waals surface area contributed by atoms with Crippen molar-refractivity contribution in [2.45, 2.75) is 52.1 Å². The second kappa shape index (κ2) is 7.80. The van der Waals surface area contributed by atoms with Crippen molar-refractivity contribution in [3.63, 3.8) is 0 Å². The van der Waals surface area contributed by atoms with Crippen molar-refractivity contribution in [1.29, 1.82) is 0 Å². The Balaban J connectivity index is 5.00. The smallest absolute Gasteiger partial charge is 0.453 e. The van der Waals surface area contributed by atoms with Crippen LogP contribution in [-0.2, 0) is 18.6 Å². The van der Waals surface area contributed by atoms with E-state index < -0.39 is 19.4 Å². The van der Waals surface area contributed by atoms with Gasteiger partial charge in [0.05, 0.1) is 6.61 Å². The van der Waals surface area contributed by atoms with Gasteiger partial charge in [-0.05, 0) is 19.8 Å². The standard InChI is InChI=1S/C12H23O6P/c1-5-7-12(8-6-2,9-17-19(14,15)16)18-11(13)10(3)4/h3,5-9H2,1-2,4H3,(H2,14,15,16). The summed E-state index contributed by atoms with van der Waals surface area (Å²) in [6, 6.07) is 0. The zero-order chi connectivity index (χ0) is 15.1. The number of ether oxygens (including phenoxy) is 1. The molecule has 0 aromatic rings. The summed E-state index contributed by atoms with van der Waals surface area (Å²) in [5.74, 6) is -0.573.